The molecule has 1 fully saturated rings. The first kappa shape index (κ1) is 10.0. The molecule has 0 aromatic rings. The zero-order chi connectivity index (χ0) is 9.19. The minimum atomic E-state index is 0.396. The van der Waals surface area contributed by atoms with Gasteiger partial charge in [0.25, 0.3) is 0 Å². The maximum atomic E-state index is 6.17. The van der Waals surface area contributed by atoms with Crippen molar-refractivity contribution in [3.63, 3.8) is 0 Å². The normalized spacial score (nSPS) is 30.5. The lowest BCUT2D eigenvalue weighted by molar-refractivity contribution is 0.0752. The van der Waals surface area contributed by atoms with Gasteiger partial charge in [-0.25, -0.2) is 0 Å². The van der Waals surface area contributed by atoms with Gasteiger partial charge in [0.05, 0.1) is 0 Å². The Morgan fingerprint density at radius 3 is 2.42 bits per heavy atom. The summed E-state index contributed by atoms with van der Waals surface area (Å²) in [6.45, 7) is 6.88. The Labute approximate surface area is 76.1 Å². The molecule has 2 N–H and O–H groups in total. The third-order valence-electron chi connectivity index (χ3n) is 3.60. The van der Waals surface area contributed by atoms with Crippen LogP contribution in [0.5, 0.6) is 0 Å². The molecule has 72 valence electrons. The molecular formula is C10H22N2. The highest BCUT2D eigenvalue weighted by Gasteiger charge is 2.37. The maximum Gasteiger partial charge on any atom is 0.0120 e. The van der Waals surface area contributed by atoms with E-state index in [1.54, 1.807) is 0 Å². The van der Waals surface area contributed by atoms with E-state index in [0.717, 1.165) is 6.42 Å². The van der Waals surface area contributed by atoms with Gasteiger partial charge in [-0.2, -0.15) is 0 Å². The third kappa shape index (κ3) is 1.64. The predicted octanol–water partition coefficient (Wildman–Crippen LogP) is 1.46. The molecular weight excluding hydrogens is 148 g/mol. The Morgan fingerprint density at radius 2 is 2.00 bits per heavy atom. The minimum absolute atomic E-state index is 0.396. The van der Waals surface area contributed by atoms with Gasteiger partial charge in [-0.1, -0.05) is 13.8 Å². The summed E-state index contributed by atoms with van der Waals surface area (Å²) >= 11 is 0. The summed E-state index contributed by atoms with van der Waals surface area (Å²) in [6.07, 6.45) is 3.60. The first-order chi connectivity index (χ1) is 5.64. The monoisotopic (exact) mass is 170 g/mol. The zero-order valence-corrected chi connectivity index (χ0v) is 8.64. The summed E-state index contributed by atoms with van der Waals surface area (Å²) in [5.74, 6) is 0. The molecule has 2 heteroatoms. The van der Waals surface area contributed by atoms with Gasteiger partial charge in [0.15, 0.2) is 0 Å². The van der Waals surface area contributed by atoms with Gasteiger partial charge in [-0.15, -0.1) is 0 Å². The molecule has 0 saturated carbocycles. The van der Waals surface area contributed by atoms with Crippen LogP contribution in [-0.4, -0.2) is 31.1 Å². The first-order valence-corrected chi connectivity index (χ1v) is 5.08. The second kappa shape index (κ2) is 3.75. The maximum absolute atomic E-state index is 6.17. The van der Waals surface area contributed by atoms with E-state index >= 15 is 0 Å². The second-order valence-corrected chi connectivity index (χ2v) is 4.20. The Morgan fingerprint density at radius 1 is 1.42 bits per heavy atom. The van der Waals surface area contributed by atoms with Gasteiger partial charge < -0.3 is 10.6 Å². The lowest BCUT2D eigenvalue weighted by atomic mass is 9.72. The molecule has 1 atom stereocenters. The molecule has 1 unspecified atom stereocenters. The smallest absolute Gasteiger partial charge is 0.0120 e. The summed E-state index contributed by atoms with van der Waals surface area (Å²) in [4.78, 5) is 2.41. The minimum Gasteiger partial charge on any atom is -0.327 e. The summed E-state index contributed by atoms with van der Waals surface area (Å²) in [5.41, 5.74) is 6.57. The van der Waals surface area contributed by atoms with Crippen LogP contribution in [0, 0.1) is 5.41 Å². The van der Waals surface area contributed by atoms with Crippen LogP contribution in [0.1, 0.15) is 33.1 Å². The molecule has 0 amide bonds. The van der Waals surface area contributed by atoms with Crippen molar-refractivity contribution < 1.29 is 0 Å². The Hall–Kier alpha value is -0.0800. The van der Waals surface area contributed by atoms with E-state index in [1.807, 2.05) is 0 Å². The van der Waals surface area contributed by atoms with E-state index in [9.17, 15) is 0 Å². The molecule has 0 bridgehead atoms. The number of hydrogen-bond acceptors (Lipinski definition) is 2. The van der Waals surface area contributed by atoms with E-state index in [1.165, 1.54) is 25.9 Å². The van der Waals surface area contributed by atoms with Crippen LogP contribution in [0.2, 0.25) is 0 Å². The third-order valence-corrected chi connectivity index (χ3v) is 3.60. The molecule has 12 heavy (non-hydrogen) atoms. The largest absolute Gasteiger partial charge is 0.327 e. The second-order valence-electron chi connectivity index (χ2n) is 4.20. The van der Waals surface area contributed by atoms with E-state index in [-0.39, 0.29) is 0 Å². The first-order valence-electron chi connectivity index (χ1n) is 5.08. The van der Waals surface area contributed by atoms with Gasteiger partial charge >= 0.3 is 0 Å². The van der Waals surface area contributed by atoms with Gasteiger partial charge in [0.2, 0.25) is 0 Å². The van der Waals surface area contributed by atoms with Crippen LogP contribution in [0.4, 0.5) is 0 Å². The summed E-state index contributed by atoms with van der Waals surface area (Å²) in [6, 6.07) is 0.420. The highest BCUT2D eigenvalue weighted by Crippen LogP contribution is 2.34. The van der Waals surface area contributed by atoms with Crippen molar-refractivity contribution in [1.29, 1.82) is 0 Å². The van der Waals surface area contributed by atoms with Gasteiger partial charge in [0.1, 0.15) is 0 Å². The lowest BCUT2D eigenvalue weighted by Gasteiger charge is -2.45. The van der Waals surface area contributed by atoms with E-state index < -0.39 is 0 Å². The van der Waals surface area contributed by atoms with E-state index in [4.69, 9.17) is 5.73 Å². The van der Waals surface area contributed by atoms with E-state index in [0.29, 0.717) is 11.5 Å². The number of rotatable bonds is 2. The number of piperidine rings is 1. The Balaban J connectivity index is 2.68. The zero-order valence-electron chi connectivity index (χ0n) is 8.64. The SMILES string of the molecule is CCC1(CC)CN(C)CCC1N. The Kier molecular flexibility index (Phi) is 3.13. The highest BCUT2D eigenvalue weighted by atomic mass is 15.1. The molecule has 0 aliphatic carbocycles. The van der Waals surface area contributed by atoms with Crippen LogP contribution in [0.25, 0.3) is 0 Å². The molecule has 1 aliphatic rings. The standard InChI is InChI=1S/C10H22N2/c1-4-10(5-2)8-12(3)7-6-9(10)11/h9H,4-8,11H2,1-3H3. The number of nitrogens with two attached hydrogens (primary N) is 1. The van der Waals surface area contributed by atoms with Crippen LogP contribution < -0.4 is 5.73 Å². The fourth-order valence-electron chi connectivity index (χ4n) is 2.40. The average Bonchev–Trinajstić information content (AvgIpc) is 2.09. The van der Waals surface area contributed by atoms with Crippen LogP contribution >= 0.6 is 0 Å². The van der Waals surface area contributed by atoms with Gasteiger partial charge in [-0.3, -0.25) is 0 Å². The van der Waals surface area contributed by atoms with Crippen LogP contribution in [0.3, 0.4) is 0 Å². The molecule has 1 heterocycles. The van der Waals surface area contributed by atoms with Crippen molar-refractivity contribution in [3.05, 3.63) is 0 Å². The number of nitrogens with zero attached hydrogens (tertiary/aromatic N) is 1. The fourth-order valence-corrected chi connectivity index (χ4v) is 2.40. The van der Waals surface area contributed by atoms with Crippen LogP contribution in [-0.2, 0) is 0 Å². The van der Waals surface area contributed by atoms with Crippen molar-refractivity contribution in [2.45, 2.75) is 39.2 Å². The van der Waals surface area contributed by atoms with Crippen molar-refractivity contribution >= 4 is 0 Å². The molecule has 0 radical (unpaired) electrons. The van der Waals surface area contributed by atoms with Crippen LogP contribution in [0.15, 0.2) is 0 Å². The number of hydrogen-bond donors (Lipinski definition) is 1. The molecule has 0 aromatic heterocycles. The quantitative estimate of drug-likeness (QED) is 0.680. The Bertz CT molecular complexity index is 141. The predicted molar refractivity (Wildman–Crippen MR) is 53.1 cm³/mol. The summed E-state index contributed by atoms with van der Waals surface area (Å²) < 4.78 is 0. The molecule has 2 nitrogen and oxygen atoms in total. The van der Waals surface area contributed by atoms with E-state index in [2.05, 4.69) is 25.8 Å². The molecule has 1 rings (SSSR count). The van der Waals surface area contributed by atoms with Crippen molar-refractivity contribution in [2.75, 3.05) is 20.1 Å². The molecule has 1 saturated heterocycles. The fraction of sp³-hybridized carbons (Fsp3) is 1.00. The topological polar surface area (TPSA) is 29.3 Å². The van der Waals surface area contributed by atoms with Gasteiger partial charge in [0, 0.05) is 12.6 Å². The van der Waals surface area contributed by atoms with Crippen molar-refractivity contribution in [2.24, 2.45) is 11.1 Å². The molecule has 0 spiro atoms. The summed E-state index contributed by atoms with van der Waals surface area (Å²) in [5, 5.41) is 0. The average molecular weight is 170 g/mol. The number of likely N-dealkylation sites (tertiary alicyclic amines) is 1. The lowest BCUT2D eigenvalue weighted by Crippen LogP contribution is -2.53. The molecule has 1 aliphatic heterocycles. The molecule has 0 aromatic carbocycles. The van der Waals surface area contributed by atoms with Gasteiger partial charge in [-0.05, 0) is 38.3 Å². The van der Waals surface area contributed by atoms with Crippen molar-refractivity contribution in [1.82, 2.24) is 4.90 Å². The van der Waals surface area contributed by atoms with Crippen molar-refractivity contribution in [3.8, 4) is 0 Å². The highest BCUT2D eigenvalue weighted by molar-refractivity contribution is 4.93. The summed E-state index contributed by atoms with van der Waals surface area (Å²) in [7, 11) is 2.20.